The predicted molar refractivity (Wildman–Crippen MR) is 61.2 cm³/mol. The molecule has 0 amide bonds. The first-order valence-electron chi connectivity index (χ1n) is 5.75. The fourth-order valence-electron chi connectivity index (χ4n) is 1.49. The third-order valence-corrected chi connectivity index (χ3v) is 2.16. The summed E-state index contributed by atoms with van der Waals surface area (Å²) in [5.41, 5.74) is 0.408. The highest BCUT2D eigenvalue weighted by atomic mass is 16.5. The Labute approximate surface area is 95.8 Å². The molecule has 1 aromatic rings. The average molecular weight is 225 g/mol. The molecule has 0 aromatic carbocycles. The maximum atomic E-state index is 11.3. The molecule has 0 fully saturated rings. The van der Waals surface area contributed by atoms with Crippen molar-refractivity contribution in [2.75, 3.05) is 13.2 Å². The quantitative estimate of drug-likeness (QED) is 0.768. The highest BCUT2D eigenvalue weighted by Gasteiger charge is 2.16. The van der Waals surface area contributed by atoms with Gasteiger partial charge in [-0.05, 0) is 6.92 Å². The Kier molecular flexibility index (Phi) is 4.98. The molecule has 16 heavy (non-hydrogen) atoms. The fourth-order valence-corrected chi connectivity index (χ4v) is 1.49. The second kappa shape index (κ2) is 6.27. The third-order valence-electron chi connectivity index (χ3n) is 2.16. The van der Waals surface area contributed by atoms with Crippen LogP contribution in [0, 0.1) is 0 Å². The monoisotopic (exact) mass is 225 g/mol. The molecule has 0 saturated carbocycles. The summed E-state index contributed by atoms with van der Waals surface area (Å²) in [6.07, 6.45) is 1.76. The molecule has 0 saturated heterocycles. The molecule has 1 N–H and O–H groups in total. The topological polar surface area (TPSA) is 56.2 Å². The predicted octanol–water partition coefficient (Wildman–Crippen LogP) is 1.19. The van der Waals surface area contributed by atoms with Crippen LogP contribution in [-0.2, 0) is 17.8 Å². The number of carbonyl (C=O) groups excluding carboxylic acids is 1. The second-order valence-corrected chi connectivity index (χ2v) is 3.13. The van der Waals surface area contributed by atoms with Crippen LogP contribution in [0.25, 0.3) is 0 Å². The SMILES string of the molecule is CC.CCOC(=O)c1cn2c(n1)CNCC2. The molecule has 2 rings (SSSR count). The summed E-state index contributed by atoms with van der Waals surface area (Å²) >= 11 is 0. The zero-order valence-corrected chi connectivity index (χ0v) is 10.1. The van der Waals surface area contributed by atoms with E-state index in [0.29, 0.717) is 12.3 Å². The Hall–Kier alpha value is -1.36. The molecule has 5 nitrogen and oxygen atoms in total. The number of esters is 1. The molecule has 5 heteroatoms. The van der Waals surface area contributed by atoms with Crippen LogP contribution in [0.3, 0.4) is 0 Å². The van der Waals surface area contributed by atoms with E-state index in [1.807, 2.05) is 18.4 Å². The molecule has 90 valence electrons. The molecule has 0 radical (unpaired) electrons. The largest absolute Gasteiger partial charge is 0.461 e. The minimum Gasteiger partial charge on any atom is -0.461 e. The van der Waals surface area contributed by atoms with E-state index in [1.54, 1.807) is 13.1 Å². The summed E-state index contributed by atoms with van der Waals surface area (Å²) in [5.74, 6) is 0.564. The third kappa shape index (κ3) is 2.82. The van der Waals surface area contributed by atoms with Gasteiger partial charge in [0.1, 0.15) is 5.82 Å². The molecule has 1 aliphatic heterocycles. The zero-order chi connectivity index (χ0) is 12.0. The molecule has 0 unspecified atom stereocenters. The number of imidazole rings is 1. The van der Waals surface area contributed by atoms with E-state index in [9.17, 15) is 4.79 Å². The van der Waals surface area contributed by atoms with Gasteiger partial charge in [0.05, 0.1) is 13.2 Å². The van der Waals surface area contributed by atoms with Gasteiger partial charge in [0, 0.05) is 19.3 Å². The molecule has 1 aliphatic rings. The van der Waals surface area contributed by atoms with Crippen molar-refractivity contribution in [3.63, 3.8) is 0 Å². The number of nitrogens with one attached hydrogen (secondary N) is 1. The van der Waals surface area contributed by atoms with Gasteiger partial charge in [-0.15, -0.1) is 0 Å². The highest BCUT2D eigenvalue weighted by Crippen LogP contribution is 2.07. The maximum Gasteiger partial charge on any atom is 0.358 e. The molecular formula is C11H19N3O2. The van der Waals surface area contributed by atoms with Crippen LogP contribution in [0.5, 0.6) is 0 Å². The van der Waals surface area contributed by atoms with Crippen LogP contribution in [0.2, 0.25) is 0 Å². The van der Waals surface area contributed by atoms with Crippen LogP contribution in [0.1, 0.15) is 37.1 Å². The van der Waals surface area contributed by atoms with E-state index in [2.05, 4.69) is 10.3 Å². The Morgan fingerprint density at radius 3 is 3.00 bits per heavy atom. The van der Waals surface area contributed by atoms with Crippen molar-refractivity contribution in [1.82, 2.24) is 14.9 Å². The smallest absolute Gasteiger partial charge is 0.358 e. The van der Waals surface area contributed by atoms with Gasteiger partial charge in [-0.25, -0.2) is 9.78 Å². The summed E-state index contributed by atoms with van der Waals surface area (Å²) < 4.78 is 6.86. The van der Waals surface area contributed by atoms with Crippen LogP contribution >= 0.6 is 0 Å². The standard InChI is InChI=1S/C9H13N3O2.C2H6/c1-2-14-9(13)7-6-12-4-3-10-5-8(12)11-7;1-2/h6,10H,2-5H2,1H3;1-2H3. The summed E-state index contributed by atoms with van der Waals surface area (Å²) in [5, 5.41) is 3.19. The van der Waals surface area contributed by atoms with Crippen molar-refractivity contribution in [3.05, 3.63) is 17.7 Å². The zero-order valence-electron chi connectivity index (χ0n) is 10.1. The van der Waals surface area contributed by atoms with Crippen LogP contribution in [-0.4, -0.2) is 28.7 Å². The van der Waals surface area contributed by atoms with Gasteiger partial charge in [-0.3, -0.25) is 0 Å². The first kappa shape index (κ1) is 12.7. The van der Waals surface area contributed by atoms with E-state index >= 15 is 0 Å². The number of hydrogen-bond donors (Lipinski definition) is 1. The van der Waals surface area contributed by atoms with Crippen LogP contribution in [0.4, 0.5) is 0 Å². The minimum atomic E-state index is -0.339. The Balaban J connectivity index is 0.000000606. The van der Waals surface area contributed by atoms with E-state index in [0.717, 1.165) is 25.5 Å². The molecule has 0 bridgehead atoms. The lowest BCUT2D eigenvalue weighted by atomic mass is 10.4. The minimum absolute atomic E-state index is 0.339. The molecule has 2 heterocycles. The Bertz CT molecular complexity index is 323. The lowest BCUT2D eigenvalue weighted by Crippen LogP contribution is -2.27. The number of nitrogens with zero attached hydrogens (tertiary/aromatic N) is 2. The number of aromatic nitrogens is 2. The van der Waals surface area contributed by atoms with Gasteiger partial charge in [0.15, 0.2) is 5.69 Å². The lowest BCUT2D eigenvalue weighted by Gasteiger charge is -2.13. The van der Waals surface area contributed by atoms with Crippen molar-refractivity contribution < 1.29 is 9.53 Å². The summed E-state index contributed by atoms with van der Waals surface area (Å²) in [7, 11) is 0. The maximum absolute atomic E-state index is 11.3. The van der Waals surface area contributed by atoms with Gasteiger partial charge in [-0.2, -0.15) is 0 Å². The molecule has 0 spiro atoms. The average Bonchev–Trinajstić information content (AvgIpc) is 2.75. The summed E-state index contributed by atoms with van der Waals surface area (Å²) in [6, 6.07) is 0. The van der Waals surface area contributed by atoms with Crippen molar-refractivity contribution >= 4 is 5.97 Å². The second-order valence-electron chi connectivity index (χ2n) is 3.13. The normalized spacial score (nSPS) is 13.4. The van der Waals surface area contributed by atoms with Gasteiger partial charge in [-0.1, -0.05) is 13.8 Å². The first-order valence-corrected chi connectivity index (χ1v) is 5.75. The number of rotatable bonds is 2. The van der Waals surface area contributed by atoms with Gasteiger partial charge in [0.2, 0.25) is 0 Å². The Morgan fingerprint density at radius 1 is 1.62 bits per heavy atom. The Morgan fingerprint density at radius 2 is 2.38 bits per heavy atom. The number of carbonyl (C=O) groups is 1. The number of hydrogen-bond acceptors (Lipinski definition) is 4. The van der Waals surface area contributed by atoms with Crippen molar-refractivity contribution in [2.24, 2.45) is 0 Å². The van der Waals surface area contributed by atoms with E-state index in [4.69, 9.17) is 4.74 Å². The number of ether oxygens (including phenoxy) is 1. The van der Waals surface area contributed by atoms with E-state index in [-0.39, 0.29) is 5.97 Å². The molecule has 1 aromatic heterocycles. The van der Waals surface area contributed by atoms with Crippen molar-refractivity contribution in [3.8, 4) is 0 Å². The fraction of sp³-hybridized carbons (Fsp3) is 0.636. The van der Waals surface area contributed by atoms with E-state index < -0.39 is 0 Å². The first-order chi connectivity index (χ1) is 7.81. The van der Waals surface area contributed by atoms with Crippen LogP contribution < -0.4 is 5.32 Å². The molecular weight excluding hydrogens is 206 g/mol. The van der Waals surface area contributed by atoms with Gasteiger partial charge in [0.25, 0.3) is 0 Å². The number of fused-ring (bicyclic) bond motifs is 1. The van der Waals surface area contributed by atoms with Crippen LogP contribution in [0.15, 0.2) is 6.20 Å². The van der Waals surface area contributed by atoms with Gasteiger partial charge >= 0.3 is 5.97 Å². The molecule has 0 aliphatic carbocycles. The molecule has 0 atom stereocenters. The van der Waals surface area contributed by atoms with E-state index in [1.165, 1.54) is 0 Å². The van der Waals surface area contributed by atoms with Crippen molar-refractivity contribution in [1.29, 1.82) is 0 Å². The van der Waals surface area contributed by atoms with Gasteiger partial charge < -0.3 is 14.6 Å². The van der Waals surface area contributed by atoms with Crippen molar-refractivity contribution in [2.45, 2.75) is 33.9 Å². The summed E-state index contributed by atoms with van der Waals surface area (Å²) in [4.78, 5) is 15.5. The summed E-state index contributed by atoms with van der Waals surface area (Å²) in [6.45, 7) is 8.68. The highest BCUT2D eigenvalue weighted by molar-refractivity contribution is 5.87. The lowest BCUT2D eigenvalue weighted by molar-refractivity contribution is 0.0520.